The first kappa shape index (κ1) is 26.7. The number of rotatable bonds is 6. The highest BCUT2D eigenvalue weighted by Crippen LogP contribution is 2.41. The minimum atomic E-state index is -0.252. The van der Waals surface area contributed by atoms with Crippen molar-refractivity contribution in [3.63, 3.8) is 0 Å². The smallest absolute Gasteiger partial charge is 0.0425 e. The van der Waals surface area contributed by atoms with Crippen LogP contribution in [0.25, 0.3) is 32.7 Å². The van der Waals surface area contributed by atoms with Gasteiger partial charge in [0, 0.05) is 23.8 Å². The van der Waals surface area contributed by atoms with Gasteiger partial charge in [-0.3, -0.25) is 0 Å². The van der Waals surface area contributed by atoms with Crippen molar-refractivity contribution >= 4 is 32.9 Å². The number of hydrogen-bond acceptors (Lipinski definition) is 1. The van der Waals surface area contributed by atoms with Gasteiger partial charge in [-0.2, -0.15) is 0 Å². The van der Waals surface area contributed by atoms with Crippen molar-refractivity contribution in [2.24, 2.45) is 0 Å². The Bertz CT molecular complexity index is 2040. The van der Waals surface area contributed by atoms with E-state index in [0.29, 0.717) is 0 Å². The molecule has 0 saturated carbocycles. The molecule has 7 aromatic carbocycles. The average Bonchev–Trinajstić information content (AvgIpc) is 3.08. The van der Waals surface area contributed by atoms with E-state index < -0.39 is 0 Å². The van der Waals surface area contributed by atoms with Crippen molar-refractivity contribution in [2.75, 3.05) is 11.9 Å². The lowest BCUT2D eigenvalue weighted by Gasteiger charge is -2.33. The summed E-state index contributed by atoms with van der Waals surface area (Å²) in [6.07, 6.45) is 0. The van der Waals surface area contributed by atoms with Gasteiger partial charge in [-0.1, -0.05) is 127 Å². The highest BCUT2D eigenvalue weighted by molar-refractivity contribution is 6.08. The maximum Gasteiger partial charge on any atom is 0.0425 e. The van der Waals surface area contributed by atoms with Gasteiger partial charge < -0.3 is 4.90 Å². The molecule has 0 spiro atoms. The van der Waals surface area contributed by atoms with Crippen molar-refractivity contribution in [1.82, 2.24) is 0 Å². The predicted octanol–water partition coefficient (Wildman–Crippen LogP) is 11.1. The summed E-state index contributed by atoms with van der Waals surface area (Å²) in [4.78, 5) is 2.26. The van der Waals surface area contributed by atoms with Crippen molar-refractivity contribution in [3.05, 3.63) is 180 Å². The van der Waals surface area contributed by atoms with Crippen molar-refractivity contribution in [3.8, 4) is 11.1 Å². The van der Waals surface area contributed by atoms with Crippen LogP contribution in [-0.2, 0) is 5.41 Å². The molecule has 43 heavy (non-hydrogen) atoms. The van der Waals surface area contributed by atoms with E-state index in [4.69, 9.17) is 0 Å². The summed E-state index contributed by atoms with van der Waals surface area (Å²) in [5, 5.41) is 5.15. The summed E-state index contributed by atoms with van der Waals surface area (Å²) in [5.74, 6) is 0. The van der Waals surface area contributed by atoms with Gasteiger partial charge in [-0.05, 0) is 99.1 Å². The second kappa shape index (κ2) is 10.9. The Morgan fingerprint density at radius 2 is 1.02 bits per heavy atom. The highest BCUT2D eigenvalue weighted by atomic mass is 15.1. The molecule has 0 N–H and O–H groups in total. The lowest BCUT2D eigenvalue weighted by atomic mass is 9.70. The molecule has 1 unspecified atom stereocenters. The third-order valence-corrected chi connectivity index (χ3v) is 9.20. The Balaban J connectivity index is 1.17. The van der Waals surface area contributed by atoms with Crippen molar-refractivity contribution in [1.29, 1.82) is 0 Å². The molecule has 1 atom stereocenters. The lowest BCUT2D eigenvalue weighted by Crippen LogP contribution is -2.26. The third-order valence-electron chi connectivity index (χ3n) is 9.20. The summed E-state index contributed by atoms with van der Waals surface area (Å²) in [7, 11) is 2.14. The standard InChI is InChI=1S/C42H35N/c1-30-11-7-10-16-41(30)42(2,35-13-5-4-6-14-35)36-22-26-38(27-23-36)43(3)37-24-19-31(20-25-37)33-21-28-40-34(29-33)18-17-32-12-8-9-15-39(32)40/h4-29H,1-3H3. The molecule has 0 bridgehead atoms. The molecule has 0 aliphatic rings. The molecule has 7 aromatic rings. The van der Waals surface area contributed by atoms with Crippen LogP contribution < -0.4 is 4.90 Å². The molecular weight excluding hydrogens is 518 g/mol. The molecule has 208 valence electrons. The molecule has 1 nitrogen and oxygen atoms in total. The van der Waals surface area contributed by atoms with Crippen molar-refractivity contribution < 1.29 is 0 Å². The second-order valence-corrected chi connectivity index (χ2v) is 11.7. The molecule has 0 aromatic heterocycles. The number of nitrogens with zero attached hydrogens (tertiary/aromatic N) is 1. The molecule has 7 rings (SSSR count). The van der Waals surface area contributed by atoms with Gasteiger partial charge in [0.25, 0.3) is 0 Å². The van der Waals surface area contributed by atoms with Crippen LogP contribution in [0.2, 0.25) is 0 Å². The summed E-state index contributed by atoms with van der Waals surface area (Å²) in [5.41, 5.74) is 9.74. The zero-order chi connectivity index (χ0) is 29.4. The van der Waals surface area contributed by atoms with E-state index >= 15 is 0 Å². The molecule has 0 saturated heterocycles. The number of aryl methyl sites for hydroxylation is 1. The van der Waals surface area contributed by atoms with Gasteiger partial charge in [0.1, 0.15) is 0 Å². The van der Waals surface area contributed by atoms with E-state index in [1.807, 2.05) is 0 Å². The first-order valence-electron chi connectivity index (χ1n) is 15.0. The highest BCUT2D eigenvalue weighted by Gasteiger charge is 2.32. The Kier molecular flexibility index (Phi) is 6.80. The van der Waals surface area contributed by atoms with Gasteiger partial charge in [-0.15, -0.1) is 0 Å². The molecule has 0 aliphatic carbocycles. The number of hydrogen-bond donors (Lipinski definition) is 0. The maximum absolute atomic E-state index is 2.34. The van der Waals surface area contributed by atoms with E-state index in [2.05, 4.69) is 184 Å². The fourth-order valence-corrected chi connectivity index (χ4v) is 6.62. The molecule has 1 heteroatoms. The van der Waals surface area contributed by atoms with E-state index in [0.717, 1.165) is 11.4 Å². The first-order chi connectivity index (χ1) is 21.0. The van der Waals surface area contributed by atoms with E-state index in [1.165, 1.54) is 54.9 Å². The maximum atomic E-state index is 2.34. The number of anilines is 2. The Morgan fingerprint density at radius 3 is 1.77 bits per heavy atom. The second-order valence-electron chi connectivity index (χ2n) is 11.7. The minimum absolute atomic E-state index is 0.252. The lowest BCUT2D eigenvalue weighted by molar-refractivity contribution is 0.687. The van der Waals surface area contributed by atoms with E-state index in [1.54, 1.807) is 0 Å². The monoisotopic (exact) mass is 553 g/mol. The zero-order valence-corrected chi connectivity index (χ0v) is 25.0. The van der Waals surface area contributed by atoms with Crippen LogP contribution in [0.5, 0.6) is 0 Å². The summed E-state index contributed by atoms with van der Waals surface area (Å²) < 4.78 is 0. The topological polar surface area (TPSA) is 3.24 Å². The van der Waals surface area contributed by atoms with Gasteiger partial charge in [0.15, 0.2) is 0 Å². The molecule has 0 aliphatic heterocycles. The Labute approximate surface area is 254 Å². The SMILES string of the molecule is Cc1ccccc1C(C)(c1ccccc1)c1ccc(N(C)c2ccc(-c3ccc4c(ccc5ccccc54)c3)cc2)cc1. The minimum Gasteiger partial charge on any atom is -0.345 e. The summed E-state index contributed by atoms with van der Waals surface area (Å²) in [6, 6.07) is 57.4. The summed E-state index contributed by atoms with van der Waals surface area (Å²) >= 11 is 0. The summed E-state index contributed by atoms with van der Waals surface area (Å²) in [6.45, 7) is 4.56. The number of fused-ring (bicyclic) bond motifs is 3. The normalized spacial score (nSPS) is 12.7. The van der Waals surface area contributed by atoms with Gasteiger partial charge in [0.05, 0.1) is 0 Å². The number of benzene rings is 7. The van der Waals surface area contributed by atoms with Crippen LogP contribution in [0, 0.1) is 6.92 Å². The molecule has 0 amide bonds. The van der Waals surface area contributed by atoms with E-state index in [9.17, 15) is 0 Å². The van der Waals surface area contributed by atoms with Crippen LogP contribution in [0.4, 0.5) is 11.4 Å². The molecule has 0 heterocycles. The van der Waals surface area contributed by atoms with E-state index in [-0.39, 0.29) is 5.41 Å². The van der Waals surface area contributed by atoms with Gasteiger partial charge in [-0.25, -0.2) is 0 Å². The Hall–Kier alpha value is -5.14. The molecule has 0 radical (unpaired) electrons. The van der Waals surface area contributed by atoms with Crippen LogP contribution >= 0.6 is 0 Å². The van der Waals surface area contributed by atoms with Gasteiger partial charge >= 0.3 is 0 Å². The zero-order valence-electron chi connectivity index (χ0n) is 25.0. The fourth-order valence-electron chi connectivity index (χ4n) is 6.62. The quantitative estimate of drug-likeness (QED) is 0.146. The predicted molar refractivity (Wildman–Crippen MR) is 185 cm³/mol. The van der Waals surface area contributed by atoms with Crippen LogP contribution in [-0.4, -0.2) is 7.05 Å². The van der Waals surface area contributed by atoms with Crippen LogP contribution in [0.1, 0.15) is 29.2 Å². The van der Waals surface area contributed by atoms with Crippen molar-refractivity contribution in [2.45, 2.75) is 19.3 Å². The first-order valence-corrected chi connectivity index (χ1v) is 15.0. The Morgan fingerprint density at radius 1 is 0.465 bits per heavy atom. The van der Waals surface area contributed by atoms with Gasteiger partial charge in [0.2, 0.25) is 0 Å². The third kappa shape index (κ3) is 4.77. The average molecular weight is 554 g/mol. The molecule has 0 fully saturated rings. The largest absolute Gasteiger partial charge is 0.345 e. The van der Waals surface area contributed by atoms with Crippen LogP contribution in [0.3, 0.4) is 0 Å². The molecular formula is C42H35N. The van der Waals surface area contributed by atoms with Crippen LogP contribution in [0.15, 0.2) is 158 Å². The fraction of sp³-hybridized carbons (Fsp3) is 0.0952.